The molecule has 7 nitrogen and oxygen atoms in total. The zero-order valence-electron chi connectivity index (χ0n) is 20.4. The van der Waals surface area contributed by atoms with Crippen LogP contribution in [0.25, 0.3) is 27.7 Å². The number of fused-ring (bicyclic) bond motifs is 1. The van der Waals surface area contributed by atoms with Gasteiger partial charge in [-0.3, -0.25) is 19.3 Å². The van der Waals surface area contributed by atoms with Crippen molar-refractivity contribution in [3.63, 3.8) is 0 Å². The first-order valence-electron chi connectivity index (χ1n) is 11.5. The van der Waals surface area contributed by atoms with Crippen molar-refractivity contribution in [3.8, 4) is 22.6 Å². The summed E-state index contributed by atoms with van der Waals surface area (Å²) in [6.07, 6.45) is 4.29. The summed E-state index contributed by atoms with van der Waals surface area (Å²) in [5, 5.41) is 1.04. The van der Waals surface area contributed by atoms with Crippen molar-refractivity contribution in [2.24, 2.45) is 0 Å². The van der Waals surface area contributed by atoms with Gasteiger partial charge >= 0.3 is 0 Å². The molecule has 3 aromatic carbocycles. The molecule has 0 saturated heterocycles. The average molecular weight is 550 g/mol. The van der Waals surface area contributed by atoms with E-state index in [0.717, 1.165) is 5.56 Å². The summed E-state index contributed by atoms with van der Waals surface area (Å²) < 4.78 is 48.3. The standard InChI is InChI=1S/C28H21ClFN3O4S/c1-17-11-18(3-6-23(17)29)22-13-27(37-2)26(14-24(22)30)33-25-7-5-21(12-19(25)4-8-28(33)34)38(35,36)16-20-15-31-9-10-32-20/h3-15H,16H2,1-2H3. The van der Waals surface area contributed by atoms with Crippen LogP contribution in [0.15, 0.2) is 88.9 Å². The van der Waals surface area contributed by atoms with Crippen molar-refractivity contribution < 1.29 is 17.5 Å². The molecular formula is C28H21ClFN3O4S. The molecule has 2 heterocycles. The van der Waals surface area contributed by atoms with E-state index in [0.29, 0.717) is 27.2 Å². The molecular weight excluding hydrogens is 529 g/mol. The molecule has 0 fully saturated rings. The van der Waals surface area contributed by atoms with E-state index in [9.17, 15) is 13.2 Å². The number of benzene rings is 3. The van der Waals surface area contributed by atoms with Crippen LogP contribution in [0.4, 0.5) is 4.39 Å². The molecule has 38 heavy (non-hydrogen) atoms. The normalized spacial score (nSPS) is 11.6. The van der Waals surface area contributed by atoms with Crippen molar-refractivity contribution >= 4 is 32.3 Å². The van der Waals surface area contributed by atoms with Crippen molar-refractivity contribution in [2.75, 3.05) is 7.11 Å². The van der Waals surface area contributed by atoms with Crippen LogP contribution < -0.4 is 10.3 Å². The van der Waals surface area contributed by atoms with E-state index in [4.69, 9.17) is 16.3 Å². The maximum absolute atomic E-state index is 15.4. The number of sulfone groups is 1. The first-order chi connectivity index (χ1) is 18.2. The molecule has 0 aliphatic heterocycles. The molecule has 0 spiro atoms. The molecule has 192 valence electrons. The number of aryl methyl sites for hydroxylation is 1. The van der Waals surface area contributed by atoms with E-state index >= 15 is 4.39 Å². The molecule has 0 aliphatic rings. The topological polar surface area (TPSA) is 91.2 Å². The Morgan fingerprint density at radius 1 is 1.03 bits per heavy atom. The summed E-state index contributed by atoms with van der Waals surface area (Å²) in [5.74, 6) is -0.617. The first kappa shape index (κ1) is 25.6. The van der Waals surface area contributed by atoms with E-state index in [1.165, 1.54) is 72.7 Å². The SMILES string of the molecule is COc1cc(-c2ccc(Cl)c(C)c2)c(F)cc1-n1c(=O)ccc2cc(S(=O)(=O)Cc3cnccn3)ccc21. The van der Waals surface area contributed by atoms with Crippen LogP contribution in [-0.2, 0) is 15.6 Å². The summed E-state index contributed by atoms with van der Waals surface area (Å²) in [7, 11) is -2.31. The van der Waals surface area contributed by atoms with Gasteiger partial charge in [-0.2, -0.15) is 0 Å². The van der Waals surface area contributed by atoms with Crippen LogP contribution in [-0.4, -0.2) is 30.1 Å². The molecule has 0 saturated carbocycles. The van der Waals surface area contributed by atoms with Gasteiger partial charge in [0, 0.05) is 46.7 Å². The van der Waals surface area contributed by atoms with E-state index in [-0.39, 0.29) is 27.6 Å². The largest absolute Gasteiger partial charge is 0.495 e. The third-order valence-electron chi connectivity index (χ3n) is 6.16. The van der Waals surface area contributed by atoms with Gasteiger partial charge in [-0.25, -0.2) is 12.8 Å². The summed E-state index contributed by atoms with van der Waals surface area (Å²) in [6, 6.07) is 15.2. The predicted molar refractivity (Wildman–Crippen MR) is 144 cm³/mol. The lowest BCUT2D eigenvalue weighted by atomic mass is 10.0. The van der Waals surface area contributed by atoms with Crippen LogP contribution in [0.2, 0.25) is 5.02 Å². The molecule has 5 rings (SSSR count). The van der Waals surface area contributed by atoms with Crippen LogP contribution in [0.5, 0.6) is 5.75 Å². The molecule has 5 aromatic rings. The Hall–Kier alpha value is -4.08. The zero-order chi connectivity index (χ0) is 27.0. The van der Waals surface area contributed by atoms with Crippen LogP contribution in [0, 0.1) is 12.7 Å². The Labute approximate surface area is 223 Å². The number of hydrogen-bond donors (Lipinski definition) is 0. The number of rotatable bonds is 6. The summed E-state index contributed by atoms with van der Waals surface area (Å²) in [6.45, 7) is 1.83. The van der Waals surface area contributed by atoms with E-state index in [2.05, 4.69) is 9.97 Å². The van der Waals surface area contributed by atoms with Crippen LogP contribution in [0.1, 0.15) is 11.3 Å². The highest BCUT2D eigenvalue weighted by atomic mass is 35.5. The molecule has 0 N–H and O–H groups in total. The van der Waals surface area contributed by atoms with Crippen LogP contribution in [0.3, 0.4) is 0 Å². The van der Waals surface area contributed by atoms with Gasteiger partial charge in [0.2, 0.25) is 0 Å². The molecule has 0 atom stereocenters. The lowest BCUT2D eigenvalue weighted by Crippen LogP contribution is -2.18. The maximum Gasteiger partial charge on any atom is 0.255 e. The minimum Gasteiger partial charge on any atom is -0.495 e. The minimum atomic E-state index is -3.74. The molecule has 10 heteroatoms. The highest BCUT2D eigenvalue weighted by molar-refractivity contribution is 7.90. The number of ether oxygens (including phenoxy) is 1. The molecule has 0 bridgehead atoms. The zero-order valence-corrected chi connectivity index (χ0v) is 21.9. The molecule has 0 radical (unpaired) electrons. The highest BCUT2D eigenvalue weighted by Crippen LogP contribution is 2.35. The fourth-order valence-corrected chi connectivity index (χ4v) is 5.67. The van der Waals surface area contributed by atoms with E-state index in [1.807, 2.05) is 6.92 Å². The van der Waals surface area contributed by atoms with E-state index < -0.39 is 21.2 Å². The Morgan fingerprint density at radius 2 is 1.84 bits per heavy atom. The van der Waals surface area contributed by atoms with Gasteiger partial charge in [0.1, 0.15) is 11.6 Å². The van der Waals surface area contributed by atoms with Gasteiger partial charge in [-0.05, 0) is 60.5 Å². The second kappa shape index (κ2) is 10.00. The second-order valence-corrected chi connectivity index (χ2v) is 11.0. The lowest BCUT2D eigenvalue weighted by Gasteiger charge is -2.17. The van der Waals surface area contributed by atoms with Crippen molar-refractivity contribution in [3.05, 3.63) is 112 Å². The van der Waals surface area contributed by atoms with Gasteiger partial charge in [0.15, 0.2) is 9.84 Å². The number of methoxy groups -OCH3 is 1. The van der Waals surface area contributed by atoms with Gasteiger partial charge in [-0.15, -0.1) is 0 Å². The minimum absolute atomic E-state index is 0.0625. The van der Waals surface area contributed by atoms with E-state index in [1.54, 1.807) is 18.2 Å². The molecule has 2 aromatic heterocycles. The van der Waals surface area contributed by atoms with Crippen molar-refractivity contribution in [1.29, 1.82) is 0 Å². The third kappa shape index (κ3) is 4.78. The van der Waals surface area contributed by atoms with Crippen molar-refractivity contribution in [2.45, 2.75) is 17.6 Å². The lowest BCUT2D eigenvalue weighted by molar-refractivity contribution is 0.412. The Bertz CT molecular complexity index is 1860. The van der Waals surface area contributed by atoms with Gasteiger partial charge in [0.05, 0.1) is 34.7 Å². The van der Waals surface area contributed by atoms with Crippen molar-refractivity contribution in [1.82, 2.24) is 14.5 Å². The fourth-order valence-electron chi connectivity index (χ4n) is 4.26. The Kier molecular flexibility index (Phi) is 6.73. The summed E-state index contributed by atoms with van der Waals surface area (Å²) >= 11 is 6.12. The number of nitrogens with zero attached hydrogens (tertiary/aromatic N) is 3. The van der Waals surface area contributed by atoms with Gasteiger partial charge in [-0.1, -0.05) is 17.7 Å². The third-order valence-corrected chi connectivity index (χ3v) is 8.23. The van der Waals surface area contributed by atoms with Gasteiger partial charge < -0.3 is 4.74 Å². The second-order valence-electron chi connectivity index (χ2n) is 8.65. The summed E-state index contributed by atoms with van der Waals surface area (Å²) in [5.41, 5.74) is 2.15. The quantitative estimate of drug-likeness (QED) is 0.276. The Morgan fingerprint density at radius 3 is 2.55 bits per heavy atom. The molecule has 0 aliphatic carbocycles. The monoisotopic (exact) mass is 549 g/mol. The number of hydrogen-bond acceptors (Lipinski definition) is 6. The van der Waals surface area contributed by atoms with Gasteiger partial charge in [0.25, 0.3) is 5.56 Å². The number of aromatic nitrogens is 3. The maximum atomic E-state index is 15.4. The first-order valence-corrected chi connectivity index (χ1v) is 13.5. The number of halogens is 2. The highest BCUT2D eigenvalue weighted by Gasteiger charge is 2.20. The fraction of sp³-hybridized carbons (Fsp3) is 0.107. The summed E-state index contributed by atoms with van der Waals surface area (Å²) in [4.78, 5) is 21.0. The average Bonchev–Trinajstić information content (AvgIpc) is 2.90. The Balaban J connectivity index is 1.63. The smallest absolute Gasteiger partial charge is 0.255 e. The number of pyridine rings is 1. The predicted octanol–water partition coefficient (Wildman–Crippen LogP) is 5.53. The van der Waals surface area contributed by atoms with Crippen LogP contribution >= 0.6 is 11.6 Å². The molecule has 0 amide bonds. The molecule has 0 unspecified atom stereocenters.